The Bertz CT molecular complexity index is 493. The predicted molar refractivity (Wildman–Crippen MR) is 61.5 cm³/mol. The number of hydrogen-bond acceptors (Lipinski definition) is 1. The fourth-order valence-corrected chi connectivity index (χ4v) is 2.17. The van der Waals surface area contributed by atoms with E-state index in [2.05, 4.69) is 16.0 Å². The Morgan fingerprint density at radius 3 is 2.94 bits per heavy atom. The van der Waals surface area contributed by atoms with Gasteiger partial charge in [-0.1, -0.05) is 18.2 Å². The molecule has 1 aromatic carbocycles. The summed E-state index contributed by atoms with van der Waals surface area (Å²) in [6.45, 7) is 2.82. The first kappa shape index (κ1) is 9.60. The minimum atomic E-state index is -0.154. The zero-order valence-corrected chi connectivity index (χ0v) is 8.91. The van der Waals surface area contributed by atoms with Gasteiger partial charge < -0.3 is 9.88 Å². The van der Waals surface area contributed by atoms with E-state index < -0.39 is 0 Å². The monoisotopic (exact) mass is 216 g/mol. The smallest absolute Gasteiger partial charge is 0.131 e. The summed E-state index contributed by atoms with van der Waals surface area (Å²) in [7, 11) is 0. The van der Waals surface area contributed by atoms with Gasteiger partial charge in [0.05, 0.1) is 0 Å². The van der Waals surface area contributed by atoms with Gasteiger partial charge in [-0.2, -0.15) is 0 Å². The fourth-order valence-electron chi connectivity index (χ4n) is 2.17. The lowest BCUT2D eigenvalue weighted by molar-refractivity contribution is 0.517. The zero-order valence-electron chi connectivity index (χ0n) is 8.91. The number of aromatic nitrogens is 1. The van der Waals surface area contributed by atoms with Crippen molar-refractivity contribution in [2.45, 2.75) is 13.1 Å². The number of nitrogens with zero attached hydrogens (tertiary/aromatic N) is 1. The lowest BCUT2D eigenvalue weighted by Crippen LogP contribution is -2.27. The summed E-state index contributed by atoms with van der Waals surface area (Å²) in [4.78, 5) is 0. The molecule has 0 saturated carbocycles. The molecule has 3 rings (SSSR count). The van der Waals surface area contributed by atoms with Crippen molar-refractivity contribution in [2.24, 2.45) is 0 Å². The molecule has 82 valence electrons. The highest BCUT2D eigenvalue weighted by Crippen LogP contribution is 2.25. The largest absolute Gasteiger partial charge is 0.348 e. The fraction of sp³-hybridized carbons (Fsp3) is 0.231. The average molecular weight is 216 g/mol. The van der Waals surface area contributed by atoms with Gasteiger partial charge in [-0.3, -0.25) is 0 Å². The van der Waals surface area contributed by atoms with Crippen molar-refractivity contribution in [1.82, 2.24) is 9.88 Å². The maximum absolute atomic E-state index is 13.6. The van der Waals surface area contributed by atoms with Gasteiger partial charge in [-0.15, -0.1) is 0 Å². The Morgan fingerprint density at radius 2 is 2.12 bits per heavy atom. The summed E-state index contributed by atoms with van der Waals surface area (Å²) in [5, 5.41) is 3.31. The van der Waals surface area contributed by atoms with E-state index in [1.807, 2.05) is 18.3 Å². The van der Waals surface area contributed by atoms with Crippen molar-refractivity contribution >= 4 is 0 Å². The van der Waals surface area contributed by atoms with Crippen LogP contribution in [0.4, 0.5) is 4.39 Å². The van der Waals surface area contributed by atoms with Gasteiger partial charge >= 0.3 is 0 Å². The lowest BCUT2D eigenvalue weighted by Gasteiger charge is -2.15. The Labute approximate surface area is 93.7 Å². The first-order valence-corrected chi connectivity index (χ1v) is 5.49. The van der Waals surface area contributed by atoms with E-state index in [1.165, 1.54) is 11.8 Å². The molecule has 0 atom stereocenters. The second kappa shape index (κ2) is 3.76. The van der Waals surface area contributed by atoms with Gasteiger partial charge in [0, 0.05) is 42.7 Å². The molecule has 3 heteroatoms. The van der Waals surface area contributed by atoms with Crippen molar-refractivity contribution < 1.29 is 4.39 Å². The SMILES string of the molecule is Fc1ccccc1-c1cc2n(c1)CCNC2. The molecule has 0 radical (unpaired) electrons. The molecule has 2 heterocycles. The topological polar surface area (TPSA) is 17.0 Å². The summed E-state index contributed by atoms with van der Waals surface area (Å²) in [5.41, 5.74) is 2.88. The molecule has 16 heavy (non-hydrogen) atoms. The van der Waals surface area contributed by atoms with Crippen LogP contribution in [0.5, 0.6) is 0 Å². The van der Waals surface area contributed by atoms with Crippen LogP contribution in [0.1, 0.15) is 5.69 Å². The zero-order chi connectivity index (χ0) is 11.0. The second-order valence-corrected chi connectivity index (χ2v) is 4.07. The third kappa shape index (κ3) is 1.53. The van der Waals surface area contributed by atoms with Crippen LogP contribution in [0.15, 0.2) is 36.5 Å². The van der Waals surface area contributed by atoms with E-state index in [0.717, 1.165) is 25.2 Å². The summed E-state index contributed by atoms with van der Waals surface area (Å²) < 4.78 is 15.8. The number of fused-ring (bicyclic) bond motifs is 1. The van der Waals surface area contributed by atoms with Crippen molar-refractivity contribution in [3.8, 4) is 11.1 Å². The maximum Gasteiger partial charge on any atom is 0.131 e. The number of benzene rings is 1. The molecular weight excluding hydrogens is 203 g/mol. The van der Waals surface area contributed by atoms with Crippen LogP contribution in [0.2, 0.25) is 0 Å². The van der Waals surface area contributed by atoms with E-state index in [4.69, 9.17) is 0 Å². The Kier molecular flexibility index (Phi) is 2.26. The molecule has 0 aliphatic carbocycles. The van der Waals surface area contributed by atoms with Crippen LogP contribution >= 0.6 is 0 Å². The lowest BCUT2D eigenvalue weighted by atomic mass is 10.1. The van der Waals surface area contributed by atoms with Crippen LogP contribution in [0, 0.1) is 5.82 Å². The first-order valence-electron chi connectivity index (χ1n) is 5.49. The van der Waals surface area contributed by atoms with Crippen LogP contribution in [0.25, 0.3) is 11.1 Å². The van der Waals surface area contributed by atoms with Crippen LogP contribution in [-0.2, 0) is 13.1 Å². The minimum Gasteiger partial charge on any atom is -0.348 e. The average Bonchev–Trinajstić information content (AvgIpc) is 2.73. The van der Waals surface area contributed by atoms with Gasteiger partial charge in [0.2, 0.25) is 0 Å². The maximum atomic E-state index is 13.6. The second-order valence-electron chi connectivity index (χ2n) is 4.07. The van der Waals surface area contributed by atoms with E-state index >= 15 is 0 Å². The van der Waals surface area contributed by atoms with Crippen molar-refractivity contribution in [1.29, 1.82) is 0 Å². The molecule has 2 nitrogen and oxygen atoms in total. The first-order chi connectivity index (χ1) is 7.84. The Hall–Kier alpha value is -1.61. The Balaban J connectivity index is 2.07. The summed E-state index contributed by atoms with van der Waals surface area (Å²) >= 11 is 0. The summed E-state index contributed by atoms with van der Waals surface area (Å²) in [6, 6.07) is 8.97. The van der Waals surface area contributed by atoms with Crippen LogP contribution in [0.3, 0.4) is 0 Å². The highest BCUT2D eigenvalue weighted by atomic mass is 19.1. The van der Waals surface area contributed by atoms with E-state index in [-0.39, 0.29) is 5.82 Å². The molecule has 1 aliphatic rings. The van der Waals surface area contributed by atoms with Gasteiger partial charge in [0.15, 0.2) is 0 Å². The molecule has 0 amide bonds. The standard InChI is InChI=1S/C13H13FN2/c14-13-4-2-1-3-12(13)10-7-11-8-15-5-6-16(11)9-10/h1-4,7,9,15H,5-6,8H2. The van der Waals surface area contributed by atoms with Gasteiger partial charge in [0.1, 0.15) is 5.82 Å². The predicted octanol–water partition coefficient (Wildman–Crippen LogP) is 2.40. The number of rotatable bonds is 1. The Morgan fingerprint density at radius 1 is 1.25 bits per heavy atom. The number of halogens is 1. The highest BCUT2D eigenvalue weighted by molar-refractivity contribution is 5.64. The molecule has 0 bridgehead atoms. The molecule has 1 N–H and O–H groups in total. The molecule has 0 unspecified atom stereocenters. The van der Waals surface area contributed by atoms with E-state index in [9.17, 15) is 4.39 Å². The van der Waals surface area contributed by atoms with Gasteiger partial charge in [0.25, 0.3) is 0 Å². The van der Waals surface area contributed by atoms with Gasteiger partial charge in [-0.25, -0.2) is 4.39 Å². The third-order valence-corrected chi connectivity index (χ3v) is 3.01. The van der Waals surface area contributed by atoms with Gasteiger partial charge in [-0.05, 0) is 12.1 Å². The molecule has 1 aliphatic heterocycles. The van der Waals surface area contributed by atoms with Crippen LogP contribution in [-0.4, -0.2) is 11.1 Å². The summed E-state index contributed by atoms with van der Waals surface area (Å²) in [6.07, 6.45) is 2.04. The summed E-state index contributed by atoms with van der Waals surface area (Å²) in [5.74, 6) is -0.154. The van der Waals surface area contributed by atoms with Crippen molar-refractivity contribution in [3.05, 3.63) is 48.0 Å². The molecule has 1 aromatic heterocycles. The minimum absolute atomic E-state index is 0.154. The third-order valence-electron chi connectivity index (χ3n) is 3.01. The van der Waals surface area contributed by atoms with Crippen molar-refractivity contribution in [3.63, 3.8) is 0 Å². The highest BCUT2D eigenvalue weighted by Gasteiger charge is 2.12. The molecule has 0 saturated heterocycles. The number of hydrogen-bond donors (Lipinski definition) is 1. The quantitative estimate of drug-likeness (QED) is 0.774. The van der Waals surface area contributed by atoms with Crippen LogP contribution < -0.4 is 5.32 Å². The van der Waals surface area contributed by atoms with E-state index in [1.54, 1.807) is 6.07 Å². The molecule has 0 fully saturated rings. The molecule has 0 spiro atoms. The normalized spacial score (nSPS) is 14.8. The molecular formula is C13H13FN2. The number of nitrogens with one attached hydrogen (secondary N) is 1. The molecule has 2 aromatic rings. The van der Waals surface area contributed by atoms with Crippen molar-refractivity contribution in [2.75, 3.05) is 6.54 Å². The van der Waals surface area contributed by atoms with E-state index in [0.29, 0.717) is 5.56 Å².